The summed E-state index contributed by atoms with van der Waals surface area (Å²) in [5, 5.41) is 4.03. The van der Waals surface area contributed by atoms with Crippen LogP contribution in [0.5, 0.6) is 0 Å². The maximum Gasteiger partial charge on any atom is 0.316 e. The number of hydrogen-bond donors (Lipinski definition) is 3. The minimum absolute atomic E-state index is 0.00694. The highest BCUT2D eigenvalue weighted by atomic mass is 16.5. The monoisotopic (exact) mass is 143 g/mol. The lowest BCUT2D eigenvalue weighted by Crippen LogP contribution is -2.22. The average molecular weight is 143 g/mol. The highest BCUT2D eigenvalue weighted by molar-refractivity contribution is 5.87. The minimum Gasteiger partial charge on any atom is -0.385 e. The Kier molecular flexibility index (Phi) is 1.44. The average Bonchev–Trinajstić information content (AvgIpc) is 2.15. The van der Waals surface area contributed by atoms with E-state index in [-0.39, 0.29) is 5.69 Å². The number of nitrogens with one attached hydrogen (secondary N) is 2. The Hall–Kier alpha value is -1.72. The third kappa shape index (κ3) is 1.16. The van der Waals surface area contributed by atoms with Crippen LogP contribution in [0.4, 0.5) is 10.5 Å². The molecule has 0 aliphatic rings. The second-order valence-electron chi connectivity index (χ2n) is 1.57. The molecule has 0 bridgehead atoms. The van der Waals surface area contributed by atoms with Gasteiger partial charge in [-0.2, -0.15) is 5.16 Å². The van der Waals surface area contributed by atoms with Crippen molar-refractivity contribution in [3.8, 4) is 0 Å². The fourth-order valence-corrected chi connectivity index (χ4v) is 0.469. The Bertz CT molecular complexity index is 286. The zero-order valence-electron chi connectivity index (χ0n) is 4.88. The van der Waals surface area contributed by atoms with Crippen LogP contribution in [-0.2, 0) is 0 Å². The van der Waals surface area contributed by atoms with Gasteiger partial charge in [-0.25, -0.2) is 4.79 Å². The van der Waals surface area contributed by atoms with Gasteiger partial charge >= 0.3 is 11.6 Å². The number of carbonyl (C=O) groups is 1. The fraction of sp³-hybridized carbons (Fsp3) is 0. The molecule has 10 heavy (non-hydrogen) atoms. The quantitative estimate of drug-likeness (QED) is 0.492. The normalized spacial score (nSPS) is 9.20. The third-order valence-corrected chi connectivity index (χ3v) is 0.831. The summed E-state index contributed by atoms with van der Waals surface area (Å²) >= 11 is 0. The molecule has 0 aromatic carbocycles. The summed E-state index contributed by atoms with van der Waals surface area (Å²) < 4.78 is 4.34. The van der Waals surface area contributed by atoms with E-state index in [2.05, 4.69) is 9.84 Å². The number of carbonyl (C=O) groups excluding carboxylic acids is 1. The number of primary amides is 1. The van der Waals surface area contributed by atoms with Gasteiger partial charge in [0.05, 0.1) is 0 Å². The summed E-state index contributed by atoms with van der Waals surface area (Å²) in [6.45, 7) is 0. The molecule has 0 aliphatic carbocycles. The summed E-state index contributed by atoms with van der Waals surface area (Å²) in [6, 6.07) is -0.799. The second-order valence-corrected chi connectivity index (χ2v) is 1.57. The largest absolute Gasteiger partial charge is 0.385 e. The third-order valence-electron chi connectivity index (χ3n) is 0.831. The molecule has 0 spiro atoms. The van der Waals surface area contributed by atoms with Crippen molar-refractivity contribution in [3.05, 3.63) is 16.6 Å². The number of nitrogens with two attached hydrogens (primary N) is 1. The van der Waals surface area contributed by atoms with Gasteiger partial charge in [0.15, 0.2) is 0 Å². The van der Waals surface area contributed by atoms with Crippen molar-refractivity contribution in [2.45, 2.75) is 0 Å². The summed E-state index contributed by atoms with van der Waals surface area (Å²) in [7, 11) is 0. The molecule has 0 saturated carbocycles. The van der Waals surface area contributed by atoms with E-state index in [0.717, 1.165) is 6.26 Å². The van der Waals surface area contributed by atoms with Crippen LogP contribution in [0.1, 0.15) is 0 Å². The lowest BCUT2D eigenvalue weighted by Gasteiger charge is -1.89. The summed E-state index contributed by atoms with van der Waals surface area (Å²) in [5.41, 5.74) is 4.20. The molecule has 0 aliphatic heterocycles. The molecule has 4 N–H and O–H groups in total. The molecule has 0 radical (unpaired) electrons. The van der Waals surface area contributed by atoms with Crippen LogP contribution in [-0.4, -0.2) is 11.2 Å². The van der Waals surface area contributed by atoms with Gasteiger partial charge in [-0.1, -0.05) is 0 Å². The molecule has 1 aromatic rings. The Balaban J connectivity index is 2.85. The highest BCUT2D eigenvalue weighted by Crippen LogP contribution is 1.93. The van der Waals surface area contributed by atoms with Crippen molar-refractivity contribution in [3.63, 3.8) is 0 Å². The van der Waals surface area contributed by atoms with Crippen LogP contribution >= 0.6 is 0 Å². The Morgan fingerprint density at radius 2 is 2.50 bits per heavy atom. The van der Waals surface area contributed by atoms with Crippen molar-refractivity contribution >= 4 is 11.7 Å². The molecular weight excluding hydrogens is 138 g/mol. The van der Waals surface area contributed by atoms with Gasteiger partial charge in [-0.05, 0) is 0 Å². The summed E-state index contributed by atoms with van der Waals surface area (Å²) in [4.78, 5) is 20.7. The Labute approximate surface area is 55.0 Å². The molecule has 1 rings (SSSR count). The number of urea groups is 1. The Morgan fingerprint density at radius 1 is 1.80 bits per heavy atom. The fourth-order valence-electron chi connectivity index (χ4n) is 0.469. The zero-order chi connectivity index (χ0) is 7.56. The van der Waals surface area contributed by atoms with E-state index in [1.807, 2.05) is 5.16 Å². The molecule has 6 nitrogen and oxygen atoms in total. The predicted molar refractivity (Wildman–Crippen MR) is 32.5 cm³/mol. The number of hydrogen-bond acceptors (Lipinski definition) is 3. The van der Waals surface area contributed by atoms with Gasteiger partial charge in [0.2, 0.25) is 0 Å². The van der Waals surface area contributed by atoms with E-state index in [9.17, 15) is 9.59 Å². The lowest BCUT2D eigenvalue weighted by molar-refractivity contribution is 0.259. The molecule has 1 aromatic heterocycles. The lowest BCUT2D eigenvalue weighted by atomic mass is 10.6. The predicted octanol–water partition coefficient (Wildman–Crippen LogP) is -0.541. The molecule has 54 valence electrons. The van der Waals surface area contributed by atoms with E-state index < -0.39 is 11.6 Å². The maximum atomic E-state index is 10.5. The SMILES string of the molecule is NC(=O)Nc1co[nH]c1=O. The zero-order valence-corrected chi connectivity index (χ0v) is 4.88. The van der Waals surface area contributed by atoms with Gasteiger partial charge in [-0.3, -0.25) is 4.79 Å². The van der Waals surface area contributed by atoms with Crippen LogP contribution in [0.2, 0.25) is 0 Å². The molecule has 1 heterocycles. The van der Waals surface area contributed by atoms with Crippen LogP contribution in [0.15, 0.2) is 15.6 Å². The van der Waals surface area contributed by atoms with Gasteiger partial charge in [-0.15, -0.1) is 0 Å². The van der Waals surface area contributed by atoms with E-state index in [1.165, 1.54) is 0 Å². The first kappa shape index (κ1) is 6.40. The van der Waals surface area contributed by atoms with Crippen LogP contribution in [0.25, 0.3) is 0 Å². The van der Waals surface area contributed by atoms with Gasteiger partial charge in [0, 0.05) is 0 Å². The number of aromatic amines is 1. The van der Waals surface area contributed by atoms with Crippen LogP contribution < -0.4 is 16.6 Å². The molecule has 0 saturated heterocycles. The number of amides is 2. The smallest absolute Gasteiger partial charge is 0.316 e. The number of H-pyrrole nitrogens is 1. The molecule has 6 heteroatoms. The summed E-state index contributed by atoms with van der Waals surface area (Å²) in [6.07, 6.45) is 1.06. The molecule has 2 amide bonds. The van der Waals surface area contributed by atoms with E-state index in [4.69, 9.17) is 5.73 Å². The number of aromatic nitrogens is 1. The minimum atomic E-state index is -0.799. The van der Waals surface area contributed by atoms with Crippen LogP contribution in [0.3, 0.4) is 0 Å². The standard InChI is InChI=1S/C4H5N3O3/c5-4(9)6-2-1-10-7-3(2)8/h1H,(H,7,8)(H3,5,6,9). The maximum absolute atomic E-state index is 10.5. The van der Waals surface area contributed by atoms with Crippen molar-refractivity contribution in [1.82, 2.24) is 5.16 Å². The van der Waals surface area contributed by atoms with Crippen molar-refractivity contribution < 1.29 is 9.32 Å². The van der Waals surface area contributed by atoms with Gasteiger partial charge in [0.1, 0.15) is 12.0 Å². The van der Waals surface area contributed by atoms with Gasteiger partial charge < -0.3 is 15.6 Å². The number of anilines is 1. The van der Waals surface area contributed by atoms with Crippen LogP contribution in [0, 0.1) is 0 Å². The molecular formula is C4H5N3O3. The Morgan fingerprint density at radius 3 is 2.90 bits per heavy atom. The van der Waals surface area contributed by atoms with Crippen molar-refractivity contribution in [2.75, 3.05) is 5.32 Å². The van der Waals surface area contributed by atoms with Crippen molar-refractivity contribution in [1.29, 1.82) is 0 Å². The summed E-state index contributed by atoms with van der Waals surface area (Å²) in [5.74, 6) is 0. The topological polar surface area (TPSA) is 101 Å². The van der Waals surface area contributed by atoms with E-state index in [0.29, 0.717) is 0 Å². The second kappa shape index (κ2) is 2.26. The first-order valence-electron chi connectivity index (χ1n) is 2.43. The molecule has 0 fully saturated rings. The number of rotatable bonds is 1. The highest BCUT2D eigenvalue weighted by Gasteiger charge is 2.01. The van der Waals surface area contributed by atoms with E-state index in [1.54, 1.807) is 0 Å². The molecule has 0 unspecified atom stereocenters. The van der Waals surface area contributed by atoms with Gasteiger partial charge in [0.25, 0.3) is 0 Å². The van der Waals surface area contributed by atoms with Crippen molar-refractivity contribution in [2.24, 2.45) is 5.73 Å². The van der Waals surface area contributed by atoms with E-state index >= 15 is 0 Å². The first-order chi connectivity index (χ1) is 4.70. The first-order valence-corrected chi connectivity index (χ1v) is 2.43. The molecule has 0 atom stereocenters.